The summed E-state index contributed by atoms with van der Waals surface area (Å²) in [5, 5.41) is 1.94. The number of nitrogens with one attached hydrogen (secondary N) is 2. The van der Waals surface area contributed by atoms with E-state index in [1.165, 1.54) is 16.4 Å². The Balaban J connectivity index is 1.71. The first kappa shape index (κ1) is 19.8. The van der Waals surface area contributed by atoms with Crippen molar-refractivity contribution in [3.63, 3.8) is 0 Å². The molecule has 1 aromatic carbocycles. The summed E-state index contributed by atoms with van der Waals surface area (Å²) in [5.74, 6) is -1.24. The molecule has 0 unspecified atom stereocenters. The number of piperidine rings is 1. The molecule has 2 heterocycles. The minimum absolute atomic E-state index is 0.0342. The van der Waals surface area contributed by atoms with E-state index in [1.54, 1.807) is 23.6 Å². The van der Waals surface area contributed by atoms with Crippen molar-refractivity contribution in [1.29, 1.82) is 0 Å². The van der Waals surface area contributed by atoms with E-state index in [1.807, 2.05) is 0 Å². The van der Waals surface area contributed by atoms with Gasteiger partial charge in [0.25, 0.3) is 11.8 Å². The average Bonchev–Trinajstić information content (AvgIpc) is 3.17. The lowest BCUT2D eigenvalue weighted by Crippen LogP contribution is -2.42. The second kappa shape index (κ2) is 8.39. The fourth-order valence-electron chi connectivity index (χ4n) is 2.78. The number of carbonyl (C=O) groups excluding carboxylic acids is 2. The molecule has 2 N–H and O–H groups in total. The molecule has 10 heteroatoms. The number of rotatable bonds is 4. The van der Waals surface area contributed by atoms with E-state index in [-0.39, 0.29) is 15.3 Å². The van der Waals surface area contributed by atoms with Gasteiger partial charge in [-0.2, -0.15) is 4.31 Å². The third-order valence-corrected chi connectivity index (χ3v) is 7.36. The highest BCUT2D eigenvalue weighted by molar-refractivity contribution is 7.89. The second-order valence-electron chi connectivity index (χ2n) is 6.00. The van der Waals surface area contributed by atoms with Crippen molar-refractivity contribution in [2.75, 3.05) is 13.1 Å². The summed E-state index contributed by atoms with van der Waals surface area (Å²) in [6.07, 6.45) is 2.61. The number of hydrogen-bond acceptors (Lipinski definition) is 5. The van der Waals surface area contributed by atoms with Crippen LogP contribution in [0.5, 0.6) is 0 Å². The zero-order chi connectivity index (χ0) is 19.4. The van der Waals surface area contributed by atoms with Crippen LogP contribution < -0.4 is 10.9 Å². The summed E-state index contributed by atoms with van der Waals surface area (Å²) in [6.45, 7) is 0.898. The normalized spacial score (nSPS) is 15.3. The monoisotopic (exact) mass is 427 g/mol. The van der Waals surface area contributed by atoms with Gasteiger partial charge in [0.2, 0.25) is 10.0 Å². The Bertz CT molecular complexity index is 953. The highest BCUT2D eigenvalue weighted by atomic mass is 35.5. The molecular formula is C17H18ClN3O4S2. The third-order valence-electron chi connectivity index (χ3n) is 4.14. The van der Waals surface area contributed by atoms with E-state index >= 15 is 0 Å². The molecule has 1 aliphatic rings. The second-order valence-corrected chi connectivity index (χ2v) is 9.26. The summed E-state index contributed by atoms with van der Waals surface area (Å²) in [5.41, 5.74) is 4.81. The van der Waals surface area contributed by atoms with Crippen LogP contribution in [0.3, 0.4) is 0 Å². The molecular weight excluding hydrogens is 410 g/mol. The molecule has 27 heavy (non-hydrogen) atoms. The Kier molecular flexibility index (Phi) is 6.15. The predicted octanol–water partition coefficient (Wildman–Crippen LogP) is 2.65. The number of sulfonamides is 1. The molecule has 1 saturated heterocycles. The maximum absolute atomic E-state index is 12.8. The van der Waals surface area contributed by atoms with Crippen molar-refractivity contribution < 1.29 is 18.0 Å². The van der Waals surface area contributed by atoms with Gasteiger partial charge in [-0.05, 0) is 42.5 Å². The van der Waals surface area contributed by atoms with Crippen molar-refractivity contribution >= 4 is 44.8 Å². The maximum atomic E-state index is 12.8. The summed E-state index contributed by atoms with van der Waals surface area (Å²) in [7, 11) is -3.74. The molecule has 2 amide bonds. The lowest BCUT2D eigenvalue weighted by atomic mass is 10.2. The fraction of sp³-hybridized carbons (Fsp3) is 0.294. The number of halogens is 1. The number of thiophene rings is 1. The van der Waals surface area contributed by atoms with Gasteiger partial charge in [-0.15, -0.1) is 11.3 Å². The topological polar surface area (TPSA) is 95.6 Å². The molecule has 144 valence electrons. The standard InChI is InChI=1S/C17H18ClN3O4S2/c18-13-6-4-5-12(11-13)16(22)19-20-17(23)15-14(7-10-26-15)27(24,25)21-8-2-1-3-9-21/h4-7,10-11H,1-3,8-9H2,(H,19,22)(H,20,23). The van der Waals surface area contributed by atoms with Gasteiger partial charge in [0.05, 0.1) is 0 Å². The first-order chi connectivity index (χ1) is 12.9. The quantitative estimate of drug-likeness (QED) is 0.733. The van der Waals surface area contributed by atoms with Crippen LogP contribution in [0, 0.1) is 0 Å². The first-order valence-corrected chi connectivity index (χ1v) is 11.0. The maximum Gasteiger partial charge on any atom is 0.281 e. The molecule has 0 aliphatic carbocycles. The minimum atomic E-state index is -3.74. The van der Waals surface area contributed by atoms with Gasteiger partial charge >= 0.3 is 0 Å². The lowest BCUT2D eigenvalue weighted by molar-refractivity contribution is 0.0847. The van der Waals surface area contributed by atoms with Crippen LogP contribution in [0.15, 0.2) is 40.6 Å². The third kappa shape index (κ3) is 4.49. The summed E-state index contributed by atoms with van der Waals surface area (Å²) in [6, 6.07) is 7.66. The summed E-state index contributed by atoms with van der Waals surface area (Å²) < 4.78 is 27.0. The molecule has 0 saturated carbocycles. The van der Waals surface area contributed by atoms with Gasteiger partial charge in [-0.25, -0.2) is 8.42 Å². The number of hydrogen-bond donors (Lipinski definition) is 2. The largest absolute Gasteiger partial charge is 0.281 e. The van der Waals surface area contributed by atoms with E-state index < -0.39 is 21.8 Å². The van der Waals surface area contributed by atoms with Crippen LogP contribution in [0.4, 0.5) is 0 Å². The van der Waals surface area contributed by atoms with Gasteiger partial charge in [-0.3, -0.25) is 20.4 Å². The van der Waals surface area contributed by atoms with E-state index in [9.17, 15) is 18.0 Å². The Morgan fingerprint density at radius 2 is 1.74 bits per heavy atom. The van der Waals surface area contributed by atoms with Gasteiger partial charge in [0.1, 0.15) is 9.77 Å². The molecule has 0 radical (unpaired) electrons. The smallest absolute Gasteiger partial charge is 0.267 e. The van der Waals surface area contributed by atoms with Crippen molar-refractivity contribution in [3.8, 4) is 0 Å². The SMILES string of the molecule is O=C(NNC(=O)c1sccc1S(=O)(=O)N1CCCCC1)c1cccc(Cl)c1. The Morgan fingerprint density at radius 1 is 1.04 bits per heavy atom. The van der Waals surface area contributed by atoms with Gasteiger partial charge in [0, 0.05) is 23.7 Å². The molecule has 0 spiro atoms. The number of amides is 2. The molecule has 1 aliphatic heterocycles. The predicted molar refractivity (Wildman–Crippen MR) is 103 cm³/mol. The number of carbonyl (C=O) groups is 2. The van der Waals surface area contributed by atoms with Crippen molar-refractivity contribution in [2.24, 2.45) is 0 Å². The van der Waals surface area contributed by atoms with E-state index in [2.05, 4.69) is 10.9 Å². The zero-order valence-electron chi connectivity index (χ0n) is 14.3. The minimum Gasteiger partial charge on any atom is -0.267 e. The Hall–Kier alpha value is -1.94. The summed E-state index contributed by atoms with van der Waals surface area (Å²) in [4.78, 5) is 24.5. The van der Waals surface area contributed by atoms with E-state index in [4.69, 9.17) is 11.6 Å². The van der Waals surface area contributed by atoms with Crippen LogP contribution in [0.2, 0.25) is 5.02 Å². The molecule has 1 aromatic heterocycles. The molecule has 0 bridgehead atoms. The van der Waals surface area contributed by atoms with Crippen LogP contribution in [0.25, 0.3) is 0 Å². The van der Waals surface area contributed by atoms with Crippen molar-refractivity contribution in [1.82, 2.24) is 15.2 Å². The van der Waals surface area contributed by atoms with Crippen LogP contribution in [-0.4, -0.2) is 37.6 Å². The highest BCUT2D eigenvalue weighted by Gasteiger charge is 2.31. The molecule has 7 nitrogen and oxygen atoms in total. The van der Waals surface area contributed by atoms with Crippen molar-refractivity contribution in [3.05, 3.63) is 51.2 Å². The molecule has 0 atom stereocenters. The van der Waals surface area contributed by atoms with Crippen LogP contribution in [0.1, 0.15) is 39.3 Å². The zero-order valence-corrected chi connectivity index (χ0v) is 16.7. The Labute approximate surface area is 166 Å². The van der Waals surface area contributed by atoms with Crippen LogP contribution in [-0.2, 0) is 10.0 Å². The fourth-order valence-corrected chi connectivity index (χ4v) is 5.79. The van der Waals surface area contributed by atoms with Crippen molar-refractivity contribution in [2.45, 2.75) is 24.2 Å². The molecule has 3 rings (SSSR count). The van der Waals surface area contributed by atoms with Gasteiger partial charge in [-0.1, -0.05) is 24.1 Å². The van der Waals surface area contributed by atoms with E-state index in [0.29, 0.717) is 18.1 Å². The van der Waals surface area contributed by atoms with Gasteiger partial charge in [0.15, 0.2) is 0 Å². The molecule has 2 aromatic rings. The summed E-state index contributed by atoms with van der Waals surface area (Å²) >= 11 is 6.85. The van der Waals surface area contributed by atoms with Gasteiger partial charge < -0.3 is 0 Å². The first-order valence-electron chi connectivity index (χ1n) is 8.33. The lowest BCUT2D eigenvalue weighted by Gasteiger charge is -2.25. The van der Waals surface area contributed by atoms with Crippen LogP contribution >= 0.6 is 22.9 Å². The number of hydrazine groups is 1. The number of nitrogens with zero attached hydrogens (tertiary/aromatic N) is 1. The average molecular weight is 428 g/mol. The molecule has 1 fully saturated rings. The highest BCUT2D eigenvalue weighted by Crippen LogP contribution is 2.27. The number of benzene rings is 1. The van der Waals surface area contributed by atoms with E-state index in [0.717, 1.165) is 30.6 Å². The Morgan fingerprint density at radius 3 is 2.44 bits per heavy atom.